The van der Waals surface area contributed by atoms with E-state index in [9.17, 15) is 18.4 Å². The van der Waals surface area contributed by atoms with Crippen LogP contribution < -0.4 is 10.6 Å². The standard InChI is InChI=1S/C12H12F2N2O3/c1-12(5-6-19-10(12)17)16-11(18)15-9-7(13)3-2-4-8(9)14/h2-4H,5-6H2,1H3,(H2,15,16,18). The van der Waals surface area contributed by atoms with Crippen LogP contribution in [0.2, 0.25) is 0 Å². The van der Waals surface area contributed by atoms with E-state index >= 15 is 0 Å². The van der Waals surface area contributed by atoms with Crippen LogP contribution in [0.4, 0.5) is 19.3 Å². The first kappa shape index (κ1) is 13.3. The van der Waals surface area contributed by atoms with Crippen LogP contribution in [0.15, 0.2) is 18.2 Å². The number of amides is 2. The Morgan fingerprint density at radius 2 is 2.00 bits per heavy atom. The minimum Gasteiger partial charge on any atom is -0.464 e. The highest BCUT2D eigenvalue weighted by atomic mass is 19.1. The third-order valence-corrected chi connectivity index (χ3v) is 2.88. The summed E-state index contributed by atoms with van der Waals surface area (Å²) in [6.45, 7) is 1.68. The van der Waals surface area contributed by atoms with Gasteiger partial charge in [-0.25, -0.2) is 18.4 Å². The van der Waals surface area contributed by atoms with E-state index in [1.807, 2.05) is 5.32 Å². The molecule has 0 aliphatic carbocycles. The molecule has 19 heavy (non-hydrogen) atoms. The highest BCUT2D eigenvalue weighted by Crippen LogP contribution is 2.21. The van der Waals surface area contributed by atoms with Gasteiger partial charge >= 0.3 is 12.0 Å². The van der Waals surface area contributed by atoms with Gasteiger partial charge in [-0.15, -0.1) is 0 Å². The third-order valence-electron chi connectivity index (χ3n) is 2.88. The van der Waals surface area contributed by atoms with Crippen LogP contribution in [0.1, 0.15) is 13.3 Å². The summed E-state index contributed by atoms with van der Waals surface area (Å²) < 4.78 is 31.4. The Kier molecular flexibility index (Phi) is 3.37. The first-order valence-electron chi connectivity index (χ1n) is 5.63. The molecule has 2 rings (SSSR count). The number of hydrogen-bond acceptors (Lipinski definition) is 3. The molecular formula is C12H12F2N2O3. The Balaban J connectivity index is 2.08. The molecule has 1 aromatic carbocycles. The Morgan fingerprint density at radius 1 is 1.37 bits per heavy atom. The van der Waals surface area contributed by atoms with Crippen LogP contribution in [0.3, 0.4) is 0 Å². The second kappa shape index (κ2) is 4.83. The zero-order valence-electron chi connectivity index (χ0n) is 10.1. The smallest absolute Gasteiger partial charge is 0.331 e. The van der Waals surface area contributed by atoms with Crippen LogP contribution in [0.5, 0.6) is 0 Å². The van der Waals surface area contributed by atoms with Crippen molar-refractivity contribution in [2.24, 2.45) is 0 Å². The van der Waals surface area contributed by atoms with E-state index in [0.29, 0.717) is 6.42 Å². The lowest BCUT2D eigenvalue weighted by molar-refractivity contribution is -0.142. The van der Waals surface area contributed by atoms with Gasteiger partial charge in [0, 0.05) is 6.42 Å². The Labute approximate surface area is 107 Å². The van der Waals surface area contributed by atoms with Crippen LogP contribution in [-0.2, 0) is 9.53 Å². The monoisotopic (exact) mass is 270 g/mol. The fourth-order valence-electron chi connectivity index (χ4n) is 1.74. The van der Waals surface area contributed by atoms with E-state index in [4.69, 9.17) is 4.74 Å². The number of cyclic esters (lactones) is 1. The highest BCUT2D eigenvalue weighted by Gasteiger charge is 2.41. The van der Waals surface area contributed by atoms with Gasteiger partial charge in [-0.05, 0) is 19.1 Å². The SMILES string of the molecule is CC1(NC(=O)Nc2c(F)cccc2F)CCOC1=O. The number of nitrogens with one attached hydrogen (secondary N) is 2. The first-order valence-corrected chi connectivity index (χ1v) is 5.63. The number of anilines is 1. The predicted molar refractivity (Wildman–Crippen MR) is 62.5 cm³/mol. The lowest BCUT2D eigenvalue weighted by atomic mass is 10.0. The summed E-state index contributed by atoms with van der Waals surface area (Å²) in [5.41, 5.74) is -1.74. The number of carbonyl (C=O) groups excluding carboxylic acids is 2. The van der Waals surface area contributed by atoms with Gasteiger partial charge < -0.3 is 15.4 Å². The number of para-hydroxylation sites is 1. The molecule has 1 atom stereocenters. The van der Waals surface area contributed by atoms with Gasteiger partial charge in [0.2, 0.25) is 0 Å². The molecule has 0 bridgehead atoms. The molecule has 1 unspecified atom stereocenters. The van der Waals surface area contributed by atoms with Crippen LogP contribution in [0, 0.1) is 11.6 Å². The molecule has 1 saturated heterocycles. The maximum atomic E-state index is 13.3. The van der Waals surface area contributed by atoms with E-state index < -0.39 is 34.9 Å². The maximum Gasteiger partial charge on any atom is 0.331 e. The number of esters is 1. The fraction of sp³-hybridized carbons (Fsp3) is 0.333. The van der Waals surface area contributed by atoms with Gasteiger partial charge in [-0.3, -0.25) is 0 Å². The van der Waals surface area contributed by atoms with E-state index in [2.05, 4.69) is 5.32 Å². The van der Waals surface area contributed by atoms with Crippen molar-refractivity contribution in [2.75, 3.05) is 11.9 Å². The second-order valence-corrected chi connectivity index (χ2v) is 4.39. The van der Waals surface area contributed by atoms with Gasteiger partial charge in [0.15, 0.2) is 0 Å². The maximum absolute atomic E-state index is 13.3. The van der Waals surface area contributed by atoms with E-state index in [1.165, 1.54) is 13.0 Å². The number of urea groups is 1. The van der Waals surface area contributed by atoms with Gasteiger partial charge in [0.25, 0.3) is 0 Å². The van der Waals surface area contributed by atoms with Crippen LogP contribution >= 0.6 is 0 Å². The topological polar surface area (TPSA) is 67.4 Å². The second-order valence-electron chi connectivity index (χ2n) is 4.39. The number of rotatable bonds is 2. The molecule has 1 aliphatic heterocycles. The normalized spacial score (nSPS) is 21.9. The van der Waals surface area contributed by atoms with E-state index in [1.54, 1.807) is 0 Å². The van der Waals surface area contributed by atoms with Gasteiger partial charge in [0.05, 0.1) is 6.61 Å². The molecule has 102 valence electrons. The largest absolute Gasteiger partial charge is 0.464 e. The minimum atomic E-state index is -1.17. The number of ether oxygens (including phenoxy) is 1. The van der Waals surface area contributed by atoms with Gasteiger partial charge in [-0.2, -0.15) is 0 Å². The average Bonchev–Trinajstić information content (AvgIpc) is 2.64. The molecule has 0 radical (unpaired) electrons. The highest BCUT2D eigenvalue weighted by molar-refractivity contribution is 5.94. The molecule has 2 N–H and O–H groups in total. The third kappa shape index (κ3) is 2.64. The Bertz CT molecular complexity index is 515. The molecule has 2 amide bonds. The van der Waals surface area contributed by atoms with Crippen molar-refractivity contribution in [3.8, 4) is 0 Å². The number of halogens is 2. The molecule has 0 saturated carbocycles. The van der Waals surface area contributed by atoms with Crippen molar-refractivity contribution >= 4 is 17.7 Å². The Morgan fingerprint density at radius 3 is 2.53 bits per heavy atom. The van der Waals surface area contributed by atoms with Crippen LogP contribution in [-0.4, -0.2) is 24.1 Å². The molecular weight excluding hydrogens is 258 g/mol. The van der Waals surface area contributed by atoms with Crippen molar-refractivity contribution in [1.82, 2.24) is 5.32 Å². The van der Waals surface area contributed by atoms with Crippen molar-refractivity contribution in [3.63, 3.8) is 0 Å². The summed E-state index contributed by atoms with van der Waals surface area (Å²) >= 11 is 0. The molecule has 5 nitrogen and oxygen atoms in total. The number of benzene rings is 1. The Hall–Kier alpha value is -2.18. The molecule has 1 heterocycles. The van der Waals surface area contributed by atoms with Crippen molar-refractivity contribution in [1.29, 1.82) is 0 Å². The van der Waals surface area contributed by atoms with Gasteiger partial charge in [0.1, 0.15) is 22.9 Å². The van der Waals surface area contributed by atoms with Crippen molar-refractivity contribution in [2.45, 2.75) is 18.9 Å². The number of carbonyl (C=O) groups is 2. The molecule has 1 aliphatic rings. The first-order chi connectivity index (χ1) is 8.92. The molecule has 1 fully saturated rings. The average molecular weight is 270 g/mol. The van der Waals surface area contributed by atoms with Crippen molar-refractivity contribution in [3.05, 3.63) is 29.8 Å². The summed E-state index contributed by atoms with van der Waals surface area (Å²) in [5.74, 6) is -2.36. The molecule has 1 aromatic rings. The lowest BCUT2D eigenvalue weighted by Gasteiger charge is -2.21. The minimum absolute atomic E-state index is 0.198. The zero-order valence-corrected chi connectivity index (χ0v) is 10.1. The van der Waals surface area contributed by atoms with Crippen molar-refractivity contribution < 1.29 is 23.1 Å². The number of hydrogen-bond donors (Lipinski definition) is 2. The van der Waals surface area contributed by atoms with E-state index in [0.717, 1.165) is 12.1 Å². The fourth-order valence-corrected chi connectivity index (χ4v) is 1.74. The summed E-state index contributed by atoms with van der Waals surface area (Å²) in [5, 5.41) is 4.39. The predicted octanol–water partition coefficient (Wildman–Crippen LogP) is 1.79. The molecule has 7 heteroatoms. The summed E-state index contributed by atoms with van der Waals surface area (Å²) in [6.07, 6.45) is 0.305. The quantitative estimate of drug-likeness (QED) is 0.805. The lowest BCUT2D eigenvalue weighted by Crippen LogP contribution is -2.51. The zero-order chi connectivity index (χ0) is 14.0. The summed E-state index contributed by atoms with van der Waals surface area (Å²) in [6, 6.07) is 2.35. The summed E-state index contributed by atoms with van der Waals surface area (Å²) in [7, 11) is 0. The van der Waals surface area contributed by atoms with Gasteiger partial charge in [-0.1, -0.05) is 6.07 Å². The summed E-state index contributed by atoms with van der Waals surface area (Å²) in [4.78, 5) is 23.1. The van der Waals surface area contributed by atoms with E-state index in [-0.39, 0.29) is 6.61 Å². The van der Waals surface area contributed by atoms with Crippen LogP contribution in [0.25, 0.3) is 0 Å². The molecule has 0 aromatic heterocycles. The molecule has 0 spiro atoms.